The zero-order chi connectivity index (χ0) is 16.2. The van der Waals surface area contributed by atoms with Crippen LogP contribution in [0.25, 0.3) is 0 Å². The molecule has 1 aromatic rings. The smallest absolute Gasteiger partial charge is 0.191 e. The van der Waals surface area contributed by atoms with Crippen LogP contribution < -0.4 is 10.6 Å². The van der Waals surface area contributed by atoms with Gasteiger partial charge in [0.1, 0.15) is 0 Å². The first-order chi connectivity index (χ1) is 10.7. The summed E-state index contributed by atoms with van der Waals surface area (Å²) < 4.78 is 5.07. The van der Waals surface area contributed by atoms with Crippen molar-refractivity contribution in [1.82, 2.24) is 15.5 Å². The van der Waals surface area contributed by atoms with Crippen molar-refractivity contribution in [2.75, 3.05) is 46.9 Å². The molecule has 0 aliphatic carbocycles. The lowest BCUT2D eigenvalue weighted by Crippen LogP contribution is -2.41. The van der Waals surface area contributed by atoms with Gasteiger partial charge in [0.25, 0.3) is 0 Å². The van der Waals surface area contributed by atoms with Crippen LogP contribution in [0.4, 0.5) is 0 Å². The fourth-order valence-corrected chi connectivity index (χ4v) is 2.05. The molecule has 0 atom stereocenters. The van der Waals surface area contributed by atoms with Gasteiger partial charge in [0.05, 0.1) is 13.2 Å². The monoisotopic (exact) mass is 454 g/mol. The Balaban J connectivity index is 0.00000484. The van der Waals surface area contributed by atoms with Gasteiger partial charge in [-0.3, -0.25) is 0 Å². The molecular formula is C16H28ClIN4O. The van der Waals surface area contributed by atoms with Gasteiger partial charge in [-0.25, -0.2) is 4.99 Å². The minimum Gasteiger partial charge on any atom is -0.383 e. The predicted molar refractivity (Wildman–Crippen MR) is 109 cm³/mol. The molecule has 7 heteroatoms. The number of hydrogen-bond acceptors (Lipinski definition) is 3. The average molecular weight is 455 g/mol. The number of aliphatic imine (C=N–C) groups is 1. The molecule has 0 bridgehead atoms. The van der Waals surface area contributed by atoms with Crippen molar-refractivity contribution in [3.8, 4) is 0 Å². The Morgan fingerprint density at radius 2 is 2.00 bits per heavy atom. The quantitative estimate of drug-likeness (QED) is 0.342. The van der Waals surface area contributed by atoms with Crippen LogP contribution in [-0.4, -0.2) is 57.8 Å². The number of halogens is 2. The first-order valence-corrected chi connectivity index (χ1v) is 7.98. The third kappa shape index (κ3) is 10.0. The molecule has 23 heavy (non-hydrogen) atoms. The number of methoxy groups -OCH3 is 1. The van der Waals surface area contributed by atoms with E-state index in [9.17, 15) is 0 Å². The summed E-state index contributed by atoms with van der Waals surface area (Å²) in [7, 11) is 3.80. The lowest BCUT2D eigenvalue weighted by molar-refractivity contribution is 0.162. The summed E-state index contributed by atoms with van der Waals surface area (Å²) >= 11 is 6.15. The molecule has 0 fully saturated rings. The Morgan fingerprint density at radius 3 is 2.65 bits per heavy atom. The third-order valence-electron chi connectivity index (χ3n) is 3.17. The molecule has 1 rings (SSSR count). The van der Waals surface area contributed by atoms with Gasteiger partial charge >= 0.3 is 0 Å². The topological polar surface area (TPSA) is 48.9 Å². The van der Waals surface area contributed by atoms with Gasteiger partial charge in [-0.05, 0) is 25.6 Å². The second-order valence-corrected chi connectivity index (χ2v) is 5.42. The van der Waals surface area contributed by atoms with Crippen LogP contribution >= 0.6 is 35.6 Å². The summed E-state index contributed by atoms with van der Waals surface area (Å²) in [6.07, 6.45) is 0. The Hall–Kier alpha value is -0.570. The molecule has 5 nitrogen and oxygen atoms in total. The van der Waals surface area contributed by atoms with Crippen LogP contribution in [0.15, 0.2) is 29.3 Å². The molecule has 0 saturated heterocycles. The summed E-state index contributed by atoms with van der Waals surface area (Å²) in [5.74, 6) is 0.808. The SMILES string of the molecule is CCNC(=NCc1ccccc1Cl)NCCN(C)CCOC.I. The highest BCUT2D eigenvalue weighted by Gasteiger charge is 2.02. The zero-order valence-electron chi connectivity index (χ0n) is 14.1. The predicted octanol–water partition coefficient (Wildman–Crippen LogP) is 2.59. The van der Waals surface area contributed by atoms with E-state index in [0.29, 0.717) is 6.54 Å². The highest BCUT2D eigenvalue weighted by atomic mass is 127. The van der Waals surface area contributed by atoms with E-state index in [1.54, 1.807) is 7.11 Å². The summed E-state index contributed by atoms with van der Waals surface area (Å²) in [5, 5.41) is 7.32. The van der Waals surface area contributed by atoms with E-state index >= 15 is 0 Å². The molecule has 0 unspecified atom stereocenters. The normalized spacial score (nSPS) is 11.3. The summed E-state index contributed by atoms with van der Waals surface area (Å²) in [5.41, 5.74) is 1.03. The molecule has 0 amide bonds. The second kappa shape index (κ2) is 13.8. The number of rotatable bonds is 9. The minimum absolute atomic E-state index is 0. The van der Waals surface area contributed by atoms with Crippen molar-refractivity contribution in [2.45, 2.75) is 13.5 Å². The maximum atomic E-state index is 6.15. The van der Waals surface area contributed by atoms with Crippen molar-refractivity contribution >= 4 is 41.5 Å². The fourth-order valence-electron chi connectivity index (χ4n) is 1.86. The Kier molecular flexibility index (Phi) is 13.5. The largest absolute Gasteiger partial charge is 0.383 e. The van der Waals surface area contributed by atoms with E-state index in [1.165, 1.54) is 0 Å². The van der Waals surface area contributed by atoms with Crippen LogP contribution in [0, 0.1) is 0 Å². The molecule has 1 aromatic carbocycles. The Labute approximate surface area is 161 Å². The highest BCUT2D eigenvalue weighted by molar-refractivity contribution is 14.0. The number of hydrogen-bond donors (Lipinski definition) is 2. The van der Waals surface area contributed by atoms with Crippen molar-refractivity contribution in [2.24, 2.45) is 4.99 Å². The van der Waals surface area contributed by atoms with Gasteiger partial charge in [-0.1, -0.05) is 29.8 Å². The molecule has 0 spiro atoms. The van der Waals surface area contributed by atoms with Crippen LogP contribution in [0.5, 0.6) is 0 Å². The van der Waals surface area contributed by atoms with E-state index < -0.39 is 0 Å². The zero-order valence-corrected chi connectivity index (χ0v) is 17.2. The Morgan fingerprint density at radius 1 is 1.26 bits per heavy atom. The van der Waals surface area contributed by atoms with E-state index in [0.717, 1.165) is 49.3 Å². The van der Waals surface area contributed by atoms with Gasteiger partial charge in [-0.15, -0.1) is 24.0 Å². The Bertz CT molecular complexity index is 459. The van der Waals surface area contributed by atoms with Crippen molar-refractivity contribution in [3.63, 3.8) is 0 Å². The molecule has 132 valence electrons. The van der Waals surface area contributed by atoms with E-state index in [-0.39, 0.29) is 24.0 Å². The number of ether oxygens (including phenoxy) is 1. The molecule has 0 saturated carbocycles. The highest BCUT2D eigenvalue weighted by Crippen LogP contribution is 2.15. The van der Waals surface area contributed by atoms with Gasteiger partial charge in [0.2, 0.25) is 0 Å². The average Bonchev–Trinajstić information content (AvgIpc) is 2.52. The number of nitrogens with one attached hydrogen (secondary N) is 2. The van der Waals surface area contributed by atoms with Gasteiger partial charge < -0.3 is 20.3 Å². The second-order valence-electron chi connectivity index (χ2n) is 5.01. The van der Waals surface area contributed by atoms with Gasteiger partial charge in [-0.2, -0.15) is 0 Å². The molecule has 0 aromatic heterocycles. The molecule has 0 aliphatic rings. The molecule has 0 aliphatic heterocycles. The van der Waals surface area contributed by atoms with Crippen LogP contribution in [0.3, 0.4) is 0 Å². The maximum Gasteiger partial charge on any atom is 0.191 e. The maximum absolute atomic E-state index is 6.15. The lowest BCUT2D eigenvalue weighted by Gasteiger charge is -2.17. The number of guanidine groups is 1. The fraction of sp³-hybridized carbons (Fsp3) is 0.562. The number of likely N-dealkylation sites (N-methyl/N-ethyl adjacent to an activating group) is 1. The van der Waals surface area contributed by atoms with Crippen LogP contribution in [-0.2, 0) is 11.3 Å². The first kappa shape index (κ1) is 22.4. The van der Waals surface area contributed by atoms with E-state index in [4.69, 9.17) is 16.3 Å². The summed E-state index contributed by atoms with van der Waals surface area (Å²) in [4.78, 5) is 6.79. The minimum atomic E-state index is 0. The van der Waals surface area contributed by atoms with Gasteiger partial charge in [0, 0.05) is 38.3 Å². The molecule has 2 N–H and O–H groups in total. The molecule has 0 radical (unpaired) electrons. The summed E-state index contributed by atoms with van der Waals surface area (Å²) in [6.45, 7) is 6.87. The van der Waals surface area contributed by atoms with E-state index in [1.807, 2.05) is 24.3 Å². The molecular weight excluding hydrogens is 427 g/mol. The molecule has 0 heterocycles. The van der Waals surface area contributed by atoms with E-state index in [2.05, 4.69) is 34.5 Å². The van der Waals surface area contributed by atoms with Crippen LogP contribution in [0.2, 0.25) is 5.02 Å². The lowest BCUT2D eigenvalue weighted by atomic mass is 10.2. The van der Waals surface area contributed by atoms with Crippen molar-refractivity contribution in [1.29, 1.82) is 0 Å². The van der Waals surface area contributed by atoms with Gasteiger partial charge in [0.15, 0.2) is 5.96 Å². The first-order valence-electron chi connectivity index (χ1n) is 7.60. The standard InChI is InChI=1S/C16H27ClN4O.HI/c1-4-18-16(19-9-10-21(2)11-12-22-3)20-13-14-7-5-6-8-15(14)17;/h5-8H,4,9-13H2,1-3H3,(H2,18,19,20);1H. The third-order valence-corrected chi connectivity index (χ3v) is 3.54. The van der Waals surface area contributed by atoms with Crippen molar-refractivity contribution < 1.29 is 4.74 Å². The summed E-state index contributed by atoms with van der Waals surface area (Å²) in [6, 6.07) is 7.78. The number of nitrogens with zero attached hydrogens (tertiary/aromatic N) is 2. The van der Waals surface area contributed by atoms with Crippen LogP contribution in [0.1, 0.15) is 12.5 Å². The van der Waals surface area contributed by atoms with Crippen molar-refractivity contribution in [3.05, 3.63) is 34.9 Å². The number of benzene rings is 1.